The number of hydrogen-bond donors (Lipinski definition) is 3. The third kappa shape index (κ3) is 5.79. The van der Waals surface area contributed by atoms with Gasteiger partial charge >= 0.3 is 0 Å². The molecule has 0 unspecified atom stereocenters. The third-order valence-corrected chi connectivity index (χ3v) is 7.24. The van der Waals surface area contributed by atoms with E-state index in [2.05, 4.69) is 24.9 Å². The molecule has 11 heteroatoms. The molecular weight excluding hydrogens is 444 g/mol. The van der Waals surface area contributed by atoms with Crippen LogP contribution in [0.15, 0.2) is 36.8 Å². The molecule has 1 saturated carbocycles. The molecule has 2 aromatic rings. The van der Waals surface area contributed by atoms with Crippen LogP contribution in [0.2, 0.25) is 0 Å². The minimum absolute atomic E-state index is 0.0421. The first kappa shape index (κ1) is 23.4. The lowest BCUT2D eigenvalue weighted by molar-refractivity contribution is 0.122. The fourth-order valence-corrected chi connectivity index (χ4v) is 5.18. The summed E-state index contributed by atoms with van der Waals surface area (Å²) in [6, 6.07) is 3.84. The van der Waals surface area contributed by atoms with Crippen LogP contribution in [-0.2, 0) is 14.8 Å². The van der Waals surface area contributed by atoms with E-state index in [1.807, 2.05) is 12.1 Å². The molecule has 2 fully saturated rings. The van der Waals surface area contributed by atoms with Crippen LogP contribution < -0.4 is 19.7 Å². The molecule has 33 heavy (non-hydrogen) atoms. The van der Waals surface area contributed by atoms with Crippen molar-refractivity contribution in [1.29, 1.82) is 5.41 Å². The van der Waals surface area contributed by atoms with Crippen molar-refractivity contribution < 1.29 is 17.9 Å². The number of benzene rings is 1. The maximum atomic E-state index is 12.3. The molecule has 1 aromatic carbocycles. The van der Waals surface area contributed by atoms with E-state index >= 15 is 0 Å². The van der Waals surface area contributed by atoms with Gasteiger partial charge in [-0.3, -0.25) is 10.4 Å². The quantitative estimate of drug-likeness (QED) is 0.409. The molecular formula is C22H30N6O4S. The monoisotopic (exact) mass is 474 g/mol. The van der Waals surface area contributed by atoms with Crippen molar-refractivity contribution in [2.24, 2.45) is 0 Å². The standard InChI is InChI=1S/C22H30N6O4S/c1-24-7-6-21(23)33(29,30)27-16-2-4-18(5-3-16)32-20-15-17(28-10-12-31-13-11-28)14-19-22(20)26-9-8-25-19/h6-9,14-16,18,23-24,27H,2-5,10-13H2,1H3/b7-6-,23-21?. The van der Waals surface area contributed by atoms with Gasteiger partial charge in [-0.1, -0.05) is 0 Å². The predicted octanol–water partition coefficient (Wildman–Crippen LogP) is 1.79. The largest absolute Gasteiger partial charge is 0.488 e. The van der Waals surface area contributed by atoms with Gasteiger partial charge in [0.05, 0.1) is 24.8 Å². The zero-order valence-electron chi connectivity index (χ0n) is 18.7. The Hall–Kier alpha value is -2.76. The van der Waals surface area contributed by atoms with Crippen LogP contribution in [0.5, 0.6) is 5.75 Å². The highest BCUT2D eigenvalue weighted by Crippen LogP contribution is 2.33. The zero-order valence-corrected chi connectivity index (χ0v) is 19.5. The summed E-state index contributed by atoms with van der Waals surface area (Å²) in [5.41, 5.74) is 2.55. The van der Waals surface area contributed by atoms with Crippen LogP contribution in [-0.4, -0.2) is 68.9 Å². The molecule has 0 spiro atoms. The number of hydrogen-bond acceptors (Lipinski definition) is 9. The van der Waals surface area contributed by atoms with Crippen molar-refractivity contribution >= 4 is 31.8 Å². The average molecular weight is 475 g/mol. The first-order chi connectivity index (χ1) is 16.0. The molecule has 0 radical (unpaired) electrons. The van der Waals surface area contributed by atoms with Crippen molar-refractivity contribution in [3.8, 4) is 5.75 Å². The number of morpholine rings is 1. The molecule has 0 bridgehead atoms. The van der Waals surface area contributed by atoms with Gasteiger partial charge in [-0.05, 0) is 44.0 Å². The summed E-state index contributed by atoms with van der Waals surface area (Å²) >= 11 is 0. The van der Waals surface area contributed by atoms with E-state index < -0.39 is 15.1 Å². The van der Waals surface area contributed by atoms with Crippen molar-refractivity contribution in [1.82, 2.24) is 20.0 Å². The Morgan fingerprint density at radius 1 is 1.18 bits per heavy atom. The van der Waals surface area contributed by atoms with Crippen LogP contribution in [0.1, 0.15) is 25.7 Å². The minimum Gasteiger partial charge on any atom is -0.488 e. The van der Waals surface area contributed by atoms with Gasteiger partial charge in [0.15, 0.2) is 5.04 Å². The third-order valence-electron chi connectivity index (χ3n) is 5.88. The maximum Gasteiger partial charge on any atom is 0.257 e. The number of ether oxygens (including phenoxy) is 2. The normalized spacial score (nSPS) is 21.9. The summed E-state index contributed by atoms with van der Waals surface area (Å²) < 4.78 is 39.2. The van der Waals surface area contributed by atoms with E-state index in [0.29, 0.717) is 44.6 Å². The number of sulfonamides is 1. The first-order valence-corrected chi connectivity index (χ1v) is 12.6. The summed E-state index contributed by atoms with van der Waals surface area (Å²) in [6.07, 6.45) is 8.63. The molecule has 4 rings (SSSR count). The van der Waals surface area contributed by atoms with Crippen molar-refractivity contribution in [2.75, 3.05) is 38.3 Å². The SMILES string of the molecule is CN/C=C\C(=N)S(=O)(=O)NC1CCC(Oc2cc(N3CCOCC3)cc3nccnc23)CC1. The second kappa shape index (κ2) is 10.4. The van der Waals surface area contributed by atoms with Gasteiger partial charge in [0.25, 0.3) is 10.0 Å². The van der Waals surface area contributed by atoms with Gasteiger partial charge in [0.2, 0.25) is 0 Å². The molecule has 3 N–H and O–H groups in total. The fourth-order valence-electron chi connectivity index (χ4n) is 4.13. The summed E-state index contributed by atoms with van der Waals surface area (Å²) in [4.78, 5) is 11.2. The van der Waals surface area contributed by atoms with E-state index in [0.717, 1.165) is 29.8 Å². The molecule has 10 nitrogen and oxygen atoms in total. The van der Waals surface area contributed by atoms with Crippen LogP contribution in [0, 0.1) is 5.41 Å². The molecule has 0 atom stereocenters. The smallest absolute Gasteiger partial charge is 0.257 e. The Labute approximate surface area is 193 Å². The second-order valence-corrected chi connectivity index (χ2v) is 9.85. The number of nitrogens with one attached hydrogen (secondary N) is 3. The van der Waals surface area contributed by atoms with Gasteiger partial charge < -0.3 is 19.7 Å². The number of anilines is 1. The van der Waals surface area contributed by atoms with E-state index in [9.17, 15) is 8.42 Å². The number of fused-ring (bicyclic) bond motifs is 1. The Morgan fingerprint density at radius 3 is 2.64 bits per heavy atom. The molecule has 1 aliphatic heterocycles. The van der Waals surface area contributed by atoms with E-state index in [-0.39, 0.29) is 12.1 Å². The lowest BCUT2D eigenvalue weighted by atomic mass is 9.93. The van der Waals surface area contributed by atoms with E-state index in [1.165, 1.54) is 12.3 Å². The molecule has 0 amide bonds. The highest BCUT2D eigenvalue weighted by molar-refractivity contribution is 8.05. The van der Waals surface area contributed by atoms with Gasteiger partial charge in [0, 0.05) is 50.3 Å². The maximum absolute atomic E-state index is 12.3. The molecule has 1 saturated heterocycles. The van der Waals surface area contributed by atoms with Crippen LogP contribution >= 0.6 is 0 Å². The van der Waals surface area contributed by atoms with E-state index in [1.54, 1.807) is 19.4 Å². The molecule has 1 aliphatic carbocycles. The summed E-state index contributed by atoms with van der Waals surface area (Å²) in [5, 5.41) is 9.99. The lowest BCUT2D eigenvalue weighted by Gasteiger charge is -2.31. The van der Waals surface area contributed by atoms with Gasteiger partial charge in [0.1, 0.15) is 11.3 Å². The fraction of sp³-hybridized carbons (Fsp3) is 0.500. The summed E-state index contributed by atoms with van der Waals surface area (Å²) in [5.74, 6) is 0.699. The highest BCUT2D eigenvalue weighted by Gasteiger charge is 2.28. The lowest BCUT2D eigenvalue weighted by Crippen LogP contribution is -2.42. The predicted molar refractivity (Wildman–Crippen MR) is 127 cm³/mol. The number of rotatable bonds is 7. The minimum atomic E-state index is -3.82. The average Bonchev–Trinajstić information content (AvgIpc) is 2.84. The molecule has 2 heterocycles. The molecule has 178 valence electrons. The molecule has 1 aromatic heterocycles. The Morgan fingerprint density at radius 2 is 1.91 bits per heavy atom. The summed E-state index contributed by atoms with van der Waals surface area (Å²) in [6.45, 7) is 3.01. The van der Waals surface area contributed by atoms with Crippen molar-refractivity contribution in [3.63, 3.8) is 0 Å². The number of nitrogens with zero attached hydrogens (tertiary/aromatic N) is 3. The van der Waals surface area contributed by atoms with Crippen LogP contribution in [0.4, 0.5) is 5.69 Å². The van der Waals surface area contributed by atoms with E-state index in [4.69, 9.17) is 14.9 Å². The topological polar surface area (TPSA) is 130 Å². The first-order valence-electron chi connectivity index (χ1n) is 11.1. The van der Waals surface area contributed by atoms with Crippen LogP contribution in [0.25, 0.3) is 11.0 Å². The zero-order chi connectivity index (χ0) is 23.3. The van der Waals surface area contributed by atoms with Crippen LogP contribution in [0.3, 0.4) is 0 Å². The van der Waals surface area contributed by atoms with Gasteiger partial charge in [-0.2, -0.15) is 0 Å². The van der Waals surface area contributed by atoms with Gasteiger partial charge in [-0.15, -0.1) is 0 Å². The second-order valence-electron chi connectivity index (χ2n) is 8.17. The number of aromatic nitrogens is 2. The summed E-state index contributed by atoms with van der Waals surface area (Å²) in [7, 11) is -2.17. The Kier molecular flexibility index (Phi) is 7.41. The van der Waals surface area contributed by atoms with Crippen molar-refractivity contribution in [3.05, 3.63) is 36.8 Å². The highest BCUT2D eigenvalue weighted by atomic mass is 32.2. The Balaban J connectivity index is 1.42. The Bertz CT molecular complexity index is 1110. The van der Waals surface area contributed by atoms with Gasteiger partial charge in [-0.25, -0.2) is 18.1 Å². The molecule has 2 aliphatic rings. The van der Waals surface area contributed by atoms with Crippen molar-refractivity contribution in [2.45, 2.75) is 37.8 Å².